The minimum Gasteiger partial charge on any atom is -0.391 e. The molecule has 1 aromatic carbocycles. The number of anilines is 1. The van der Waals surface area contributed by atoms with Gasteiger partial charge in [-0.2, -0.15) is 0 Å². The molecule has 7 heteroatoms. The molecule has 1 heterocycles. The first kappa shape index (κ1) is 15.9. The van der Waals surface area contributed by atoms with E-state index in [0.29, 0.717) is 9.75 Å². The number of aryl methyl sites for hydroxylation is 1. The molecular weight excluding hydrogens is 313 g/mol. The number of sulfonamides is 1. The van der Waals surface area contributed by atoms with Gasteiger partial charge in [-0.1, -0.05) is 6.07 Å². The largest absolute Gasteiger partial charge is 0.391 e. The molecule has 0 unspecified atom stereocenters. The minimum absolute atomic E-state index is 0.155. The van der Waals surface area contributed by atoms with Crippen molar-refractivity contribution in [2.24, 2.45) is 0 Å². The number of benzene rings is 1. The van der Waals surface area contributed by atoms with Gasteiger partial charge in [0.15, 0.2) is 0 Å². The molecule has 1 N–H and O–H groups in total. The zero-order valence-corrected chi connectivity index (χ0v) is 13.3. The van der Waals surface area contributed by atoms with E-state index in [-0.39, 0.29) is 23.7 Å². The van der Waals surface area contributed by atoms with E-state index in [4.69, 9.17) is 5.11 Å². The van der Waals surface area contributed by atoms with Gasteiger partial charge in [-0.25, -0.2) is 12.8 Å². The number of hydrogen-bond acceptors (Lipinski definition) is 4. The predicted octanol–water partition coefficient (Wildman–Crippen LogP) is 2.90. The second-order valence-corrected chi connectivity index (χ2v) is 7.61. The van der Waals surface area contributed by atoms with Gasteiger partial charge in [0.1, 0.15) is 10.7 Å². The molecule has 0 amide bonds. The molecule has 0 atom stereocenters. The monoisotopic (exact) mass is 329 g/mol. The lowest BCUT2D eigenvalue weighted by molar-refractivity contribution is 0.285. The summed E-state index contributed by atoms with van der Waals surface area (Å²) in [6.45, 7) is 3.37. The fourth-order valence-electron chi connectivity index (χ4n) is 2.10. The van der Waals surface area contributed by atoms with Crippen LogP contribution in [0.2, 0.25) is 0 Å². The summed E-state index contributed by atoms with van der Waals surface area (Å²) in [4.78, 5) is 1.35. The van der Waals surface area contributed by atoms with Gasteiger partial charge in [0, 0.05) is 16.3 Å². The van der Waals surface area contributed by atoms with Gasteiger partial charge in [0.25, 0.3) is 10.0 Å². The summed E-state index contributed by atoms with van der Waals surface area (Å²) >= 11 is 1.24. The molecule has 114 valence electrons. The Hall–Kier alpha value is -1.44. The molecule has 0 aliphatic rings. The second-order valence-electron chi connectivity index (χ2n) is 4.44. The van der Waals surface area contributed by atoms with Crippen LogP contribution in [0.1, 0.15) is 16.7 Å². The topological polar surface area (TPSA) is 57.6 Å². The Labute approximate surface area is 127 Å². The van der Waals surface area contributed by atoms with E-state index in [0.717, 1.165) is 4.31 Å². The lowest BCUT2D eigenvalue weighted by atomic mass is 10.3. The van der Waals surface area contributed by atoms with Crippen molar-refractivity contribution >= 4 is 27.0 Å². The average molecular weight is 329 g/mol. The molecule has 21 heavy (non-hydrogen) atoms. The maximum Gasteiger partial charge on any atom is 0.265 e. The van der Waals surface area contributed by atoms with Crippen LogP contribution in [0.4, 0.5) is 10.1 Å². The first-order chi connectivity index (χ1) is 9.90. The van der Waals surface area contributed by atoms with Crippen molar-refractivity contribution in [2.45, 2.75) is 25.3 Å². The molecule has 0 aliphatic carbocycles. The van der Waals surface area contributed by atoms with Crippen molar-refractivity contribution in [1.82, 2.24) is 0 Å². The highest BCUT2D eigenvalue weighted by molar-refractivity contribution is 7.93. The lowest BCUT2D eigenvalue weighted by Gasteiger charge is -2.22. The third kappa shape index (κ3) is 3.09. The molecule has 0 radical (unpaired) electrons. The Balaban J connectivity index is 2.51. The van der Waals surface area contributed by atoms with Crippen LogP contribution < -0.4 is 4.31 Å². The normalized spacial score (nSPS) is 11.6. The molecule has 4 nitrogen and oxygen atoms in total. The molecule has 0 fully saturated rings. The number of aliphatic hydroxyl groups excluding tert-OH is 1. The number of rotatable bonds is 5. The van der Waals surface area contributed by atoms with Crippen molar-refractivity contribution in [1.29, 1.82) is 0 Å². The van der Waals surface area contributed by atoms with Crippen molar-refractivity contribution in [3.63, 3.8) is 0 Å². The van der Waals surface area contributed by atoms with Crippen LogP contribution in [0.15, 0.2) is 35.2 Å². The molecular formula is C14H16FNO3S2. The number of thiophene rings is 1. The Bertz CT molecular complexity index is 740. The summed E-state index contributed by atoms with van der Waals surface area (Å²) in [5.74, 6) is -0.487. The Morgan fingerprint density at radius 3 is 2.57 bits per heavy atom. The first-order valence-electron chi connectivity index (χ1n) is 6.38. The number of hydrogen-bond donors (Lipinski definition) is 1. The molecule has 0 bridgehead atoms. The summed E-state index contributed by atoms with van der Waals surface area (Å²) in [7, 11) is -3.77. The van der Waals surface area contributed by atoms with Gasteiger partial charge in [-0.3, -0.25) is 4.31 Å². The zero-order chi connectivity index (χ0) is 15.6. The van der Waals surface area contributed by atoms with E-state index in [1.165, 1.54) is 35.6 Å². The van der Waals surface area contributed by atoms with Crippen molar-refractivity contribution in [3.05, 3.63) is 45.9 Å². The molecule has 2 rings (SSSR count). The average Bonchev–Trinajstić information content (AvgIpc) is 2.81. The SMILES string of the molecule is CCN(c1cccc(F)c1)S(=O)(=O)c1cc(CO)sc1C. The Morgan fingerprint density at radius 1 is 1.33 bits per heavy atom. The standard InChI is InChI=1S/C14H16FNO3S2/c1-3-16(12-6-4-5-11(15)7-12)21(18,19)14-8-13(9-17)20-10(14)2/h4-8,17H,3,9H2,1-2H3. The fraction of sp³-hybridized carbons (Fsp3) is 0.286. The number of aliphatic hydroxyl groups is 1. The number of nitrogens with zero attached hydrogens (tertiary/aromatic N) is 1. The Kier molecular flexibility index (Phi) is 4.65. The van der Waals surface area contributed by atoms with Gasteiger partial charge >= 0.3 is 0 Å². The first-order valence-corrected chi connectivity index (χ1v) is 8.64. The van der Waals surface area contributed by atoms with Crippen LogP contribution in [-0.2, 0) is 16.6 Å². The van der Waals surface area contributed by atoms with E-state index < -0.39 is 15.8 Å². The van der Waals surface area contributed by atoms with E-state index in [2.05, 4.69) is 0 Å². The third-order valence-electron chi connectivity index (χ3n) is 3.03. The highest BCUT2D eigenvalue weighted by Gasteiger charge is 2.27. The van der Waals surface area contributed by atoms with Crippen molar-refractivity contribution < 1.29 is 17.9 Å². The summed E-state index contributed by atoms with van der Waals surface area (Å²) in [5, 5.41) is 9.14. The van der Waals surface area contributed by atoms with Crippen LogP contribution in [0.5, 0.6) is 0 Å². The summed E-state index contributed by atoms with van der Waals surface area (Å²) in [5.41, 5.74) is 0.286. The summed E-state index contributed by atoms with van der Waals surface area (Å²) in [6.07, 6.45) is 0. The van der Waals surface area contributed by atoms with E-state index in [9.17, 15) is 12.8 Å². The van der Waals surface area contributed by atoms with E-state index in [1.54, 1.807) is 19.9 Å². The maximum atomic E-state index is 13.3. The van der Waals surface area contributed by atoms with Crippen LogP contribution in [-0.4, -0.2) is 20.1 Å². The predicted molar refractivity (Wildman–Crippen MR) is 81.6 cm³/mol. The molecule has 1 aromatic heterocycles. The third-order valence-corrected chi connectivity index (χ3v) is 6.22. The molecule has 0 saturated heterocycles. The smallest absolute Gasteiger partial charge is 0.265 e. The molecule has 0 aliphatic heterocycles. The summed E-state index contributed by atoms with van der Waals surface area (Å²) < 4.78 is 40.0. The minimum atomic E-state index is -3.77. The van der Waals surface area contributed by atoms with Gasteiger partial charge in [0.05, 0.1) is 12.3 Å². The van der Waals surface area contributed by atoms with Gasteiger partial charge in [0.2, 0.25) is 0 Å². The highest BCUT2D eigenvalue weighted by Crippen LogP contribution is 2.31. The zero-order valence-electron chi connectivity index (χ0n) is 11.7. The van der Waals surface area contributed by atoms with Crippen LogP contribution in [0.3, 0.4) is 0 Å². The maximum absolute atomic E-state index is 13.3. The summed E-state index contributed by atoms with van der Waals surface area (Å²) in [6, 6.07) is 6.96. The van der Waals surface area contributed by atoms with E-state index >= 15 is 0 Å². The highest BCUT2D eigenvalue weighted by atomic mass is 32.2. The number of halogens is 1. The Morgan fingerprint density at radius 2 is 2.05 bits per heavy atom. The lowest BCUT2D eigenvalue weighted by Crippen LogP contribution is -2.31. The van der Waals surface area contributed by atoms with Gasteiger partial charge in [-0.05, 0) is 38.1 Å². The van der Waals surface area contributed by atoms with Crippen LogP contribution in [0.25, 0.3) is 0 Å². The quantitative estimate of drug-likeness (QED) is 0.917. The van der Waals surface area contributed by atoms with Crippen molar-refractivity contribution in [2.75, 3.05) is 10.8 Å². The van der Waals surface area contributed by atoms with Crippen LogP contribution in [0, 0.1) is 12.7 Å². The molecule has 2 aromatic rings. The fourth-order valence-corrected chi connectivity index (χ4v) is 5.03. The van der Waals surface area contributed by atoms with Gasteiger partial charge < -0.3 is 5.11 Å². The molecule has 0 saturated carbocycles. The van der Waals surface area contributed by atoms with E-state index in [1.807, 2.05) is 0 Å². The van der Waals surface area contributed by atoms with Crippen molar-refractivity contribution in [3.8, 4) is 0 Å². The van der Waals surface area contributed by atoms with Crippen LogP contribution >= 0.6 is 11.3 Å². The molecule has 0 spiro atoms. The van der Waals surface area contributed by atoms with Gasteiger partial charge in [-0.15, -0.1) is 11.3 Å². The second kappa shape index (κ2) is 6.13.